The summed E-state index contributed by atoms with van der Waals surface area (Å²) in [6, 6.07) is 6.26. The van der Waals surface area contributed by atoms with Gasteiger partial charge < -0.3 is 4.18 Å². The van der Waals surface area contributed by atoms with Gasteiger partial charge in [-0.15, -0.1) is 0 Å². The molecule has 1 aromatic carbocycles. The van der Waals surface area contributed by atoms with Gasteiger partial charge in [-0.25, -0.2) is 0 Å². The first-order valence-electron chi connectivity index (χ1n) is 10.4. The molecule has 0 spiro atoms. The molecule has 0 bridgehead atoms. The van der Waals surface area contributed by atoms with Crippen LogP contribution in [-0.2, 0) is 11.4 Å². The Morgan fingerprint density at radius 1 is 0.923 bits per heavy atom. The van der Waals surface area contributed by atoms with Crippen LogP contribution in [0.5, 0.6) is 5.75 Å². The molecule has 0 saturated carbocycles. The van der Waals surface area contributed by atoms with Gasteiger partial charge in [-0.1, -0.05) is 91.2 Å². The van der Waals surface area contributed by atoms with Crippen molar-refractivity contribution in [3.05, 3.63) is 29.3 Å². The second-order valence-electron chi connectivity index (χ2n) is 7.60. The summed E-state index contributed by atoms with van der Waals surface area (Å²) in [5, 5.41) is 0. The molecule has 0 fully saturated rings. The maximum Gasteiger partial charge on any atom is 0.357 e. The SMILES string of the molecule is CCCCCCC(C)c1ccc(C(C)CCCCCC)c(OS(=O)O)c1. The van der Waals surface area contributed by atoms with Crippen LogP contribution in [0.1, 0.15) is 115 Å². The lowest BCUT2D eigenvalue weighted by molar-refractivity contribution is 0.450. The molecule has 0 aliphatic heterocycles. The third kappa shape index (κ3) is 8.68. The van der Waals surface area contributed by atoms with Crippen LogP contribution in [0, 0.1) is 0 Å². The van der Waals surface area contributed by atoms with Crippen molar-refractivity contribution in [3.8, 4) is 5.75 Å². The summed E-state index contributed by atoms with van der Waals surface area (Å²) >= 11 is -2.28. The predicted octanol–water partition coefficient (Wildman–Crippen LogP) is 7.35. The zero-order valence-corrected chi connectivity index (χ0v) is 17.9. The summed E-state index contributed by atoms with van der Waals surface area (Å²) in [7, 11) is 0. The number of unbranched alkanes of at least 4 members (excludes halogenated alkanes) is 6. The average Bonchev–Trinajstić information content (AvgIpc) is 2.61. The summed E-state index contributed by atoms with van der Waals surface area (Å²) in [6.45, 7) is 8.86. The fraction of sp³-hybridized carbons (Fsp3) is 0.727. The van der Waals surface area contributed by atoms with Gasteiger partial charge in [0.1, 0.15) is 5.75 Å². The van der Waals surface area contributed by atoms with Crippen molar-refractivity contribution in [2.45, 2.75) is 104 Å². The molecule has 3 atom stereocenters. The lowest BCUT2D eigenvalue weighted by atomic mass is 9.89. The molecule has 4 heteroatoms. The highest BCUT2D eigenvalue weighted by Gasteiger charge is 2.16. The normalized spacial score (nSPS) is 14.8. The maximum atomic E-state index is 11.3. The Bertz CT molecular complexity index is 530. The van der Waals surface area contributed by atoms with Crippen LogP contribution < -0.4 is 4.18 Å². The average molecular weight is 383 g/mol. The molecular weight excluding hydrogens is 344 g/mol. The first-order chi connectivity index (χ1) is 12.5. The van der Waals surface area contributed by atoms with Gasteiger partial charge in [-0.2, -0.15) is 4.21 Å². The van der Waals surface area contributed by atoms with Gasteiger partial charge in [0.15, 0.2) is 0 Å². The van der Waals surface area contributed by atoms with Crippen molar-refractivity contribution in [1.29, 1.82) is 0 Å². The van der Waals surface area contributed by atoms with Gasteiger partial charge in [0, 0.05) is 0 Å². The summed E-state index contributed by atoms with van der Waals surface area (Å²) in [5.74, 6) is 1.35. The fourth-order valence-electron chi connectivity index (χ4n) is 3.49. The standard InChI is InChI=1S/C22H38O3S/c1-5-7-9-11-13-18(3)20-15-16-21(22(17-20)25-26(23)24)19(4)14-12-10-8-6-2/h15-19H,5-14H2,1-4H3,(H,23,24). The minimum Gasteiger partial charge on any atom is -0.380 e. The van der Waals surface area contributed by atoms with E-state index >= 15 is 0 Å². The Labute approximate surface area is 163 Å². The van der Waals surface area contributed by atoms with Gasteiger partial charge in [0.2, 0.25) is 0 Å². The molecule has 0 amide bonds. The molecule has 0 aliphatic rings. The van der Waals surface area contributed by atoms with Crippen LogP contribution in [0.25, 0.3) is 0 Å². The first-order valence-corrected chi connectivity index (χ1v) is 11.5. The number of rotatable bonds is 14. The van der Waals surface area contributed by atoms with E-state index < -0.39 is 11.4 Å². The molecule has 1 aromatic rings. The molecule has 1 rings (SSSR count). The van der Waals surface area contributed by atoms with Gasteiger partial charge in [-0.05, 0) is 41.9 Å². The van der Waals surface area contributed by atoms with Crippen LogP contribution in [0.15, 0.2) is 18.2 Å². The molecule has 1 N–H and O–H groups in total. The molecule has 150 valence electrons. The second-order valence-corrected chi connectivity index (χ2v) is 8.20. The van der Waals surface area contributed by atoms with E-state index in [-0.39, 0.29) is 0 Å². The highest BCUT2D eigenvalue weighted by atomic mass is 32.2. The zero-order valence-electron chi connectivity index (χ0n) is 17.1. The molecule has 0 saturated heterocycles. The van der Waals surface area contributed by atoms with Crippen molar-refractivity contribution in [2.24, 2.45) is 0 Å². The van der Waals surface area contributed by atoms with Crippen molar-refractivity contribution in [2.75, 3.05) is 0 Å². The van der Waals surface area contributed by atoms with Crippen molar-refractivity contribution >= 4 is 11.4 Å². The van der Waals surface area contributed by atoms with E-state index in [1.807, 2.05) is 6.07 Å². The largest absolute Gasteiger partial charge is 0.380 e. The van der Waals surface area contributed by atoms with E-state index in [9.17, 15) is 8.76 Å². The fourth-order valence-corrected chi connectivity index (χ4v) is 3.79. The Kier molecular flexibility index (Phi) is 11.9. The molecule has 3 unspecified atom stereocenters. The van der Waals surface area contributed by atoms with Gasteiger partial charge >= 0.3 is 11.4 Å². The Morgan fingerprint density at radius 2 is 1.50 bits per heavy atom. The predicted molar refractivity (Wildman–Crippen MR) is 112 cm³/mol. The molecule has 0 heterocycles. The van der Waals surface area contributed by atoms with Gasteiger partial charge in [0.25, 0.3) is 0 Å². The van der Waals surface area contributed by atoms with Gasteiger partial charge in [-0.3, -0.25) is 4.55 Å². The number of hydrogen-bond acceptors (Lipinski definition) is 2. The Balaban J connectivity index is 2.79. The zero-order chi connectivity index (χ0) is 19.4. The molecular formula is C22H38O3S. The quantitative estimate of drug-likeness (QED) is 0.270. The van der Waals surface area contributed by atoms with Crippen LogP contribution in [0.4, 0.5) is 0 Å². The molecule has 26 heavy (non-hydrogen) atoms. The highest BCUT2D eigenvalue weighted by molar-refractivity contribution is 7.74. The Hall–Kier alpha value is -0.870. The summed E-state index contributed by atoms with van der Waals surface area (Å²) in [4.78, 5) is 0. The summed E-state index contributed by atoms with van der Waals surface area (Å²) in [5.41, 5.74) is 2.25. The van der Waals surface area contributed by atoms with Crippen LogP contribution in [0.3, 0.4) is 0 Å². The maximum absolute atomic E-state index is 11.3. The molecule has 3 nitrogen and oxygen atoms in total. The van der Waals surface area contributed by atoms with E-state index in [0.717, 1.165) is 18.4 Å². The lowest BCUT2D eigenvalue weighted by Crippen LogP contribution is -2.05. The first kappa shape index (κ1) is 23.2. The highest BCUT2D eigenvalue weighted by Crippen LogP contribution is 2.34. The summed E-state index contributed by atoms with van der Waals surface area (Å²) in [6.07, 6.45) is 12.2. The number of hydrogen-bond donors (Lipinski definition) is 1. The third-order valence-corrected chi connectivity index (χ3v) is 5.60. The van der Waals surface area contributed by atoms with Crippen molar-refractivity contribution in [3.63, 3.8) is 0 Å². The van der Waals surface area contributed by atoms with Gasteiger partial charge in [0.05, 0.1) is 0 Å². The minimum absolute atomic E-state index is 0.333. The van der Waals surface area contributed by atoms with E-state index in [4.69, 9.17) is 4.18 Å². The van der Waals surface area contributed by atoms with Crippen LogP contribution in [0.2, 0.25) is 0 Å². The topological polar surface area (TPSA) is 46.5 Å². The monoisotopic (exact) mass is 382 g/mol. The van der Waals surface area contributed by atoms with Crippen molar-refractivity contribution < 1.29 is 12.9 Å². The smallest absolute Gasteiger partial charge is 0.357 e. The molecule has 0 radical (unpaired) electrons. The lowest BCUT2D eigenvalue weighted by Gasteiger charge is -2.19. The number of benzene rings is 1. The van der Waals surface area contributed by atoms with E-state index in [1.165, 1.54) is 56.9 Å². The minimum atomic E-state index is -2.28. The van der Waals surface area contributed by atoms with E-state index in [2.05, 4.69) is 39.8 Å². The Morgan fingerprint density at radius 3 is 2.04 bits per heavy atom. The molecule has 0 aliphatic carbocycles. The van der Waals surface area contributed by atoms with E-state index in [1.54, 1.807) is 0 Å². The summed E-state index contributed by atoms with van der Waals surface area (Å²) < 4.78 is 25.8. The molecule has 0 aromatic heterocycles. The second kappa shape index (κ2) is 13.3. The van der Waals surface area contributed by atoms with Crippen LogP contribution in [-0.4, -0.2) is 8.76 Å². The third-order valence-electron chi connectivity index (χ3n) is 5.28. The van der Waals surface area contributed by atoms with Crippen LogP contribution >= 0.6 is 0 Å². The van der Waals surface area contributed by atoms with E-state index in [0.29, 0.717) is 17.6 Å². The van der Waals surface area contributed by atoms with Crippen molar-refractivity contribution in [1.82, 2.24) is 0 Å².